The smallest absolute Gasteiger partial charge is 0.408 e. The molecule has 1 aliphatic rings. The maximum Gasteiger partial charge on any atom is 0.408 e. The Labute approximate surface area is 253 Å². The molecule has 1 unspecified atom stereocenters. The molecule has 0 bridgehead atoms. The van der Waals surface area contributed by atoms with Gasteiger partial charge in [-0.1, -0.05) is 74.5 Å². The quantitative estimate of drug-likeness (QED) is 0.279. The fourth-order valence-electron chi connectivity index (χ4n) is 4.82. The van der Waals surface area contributed by atoms with Crippen molar-refractivity contribution < 1.29 is 33.4 Å². The predicted octanol–water partition coefficient (Wildman–Crippen LogP) is 3.96. The van der Waals surface area contributed by atoms with Gasteiger partial charge in [-0.05, 0) is 63.6 Å². The van der Waals surface area contributed by atoms with Crippen LogP contribution in [0.15, 0.2) is 60.7 Å². The molecule has 10 heteroatoms. The minimum atomic E-state index is -1.38. The molecule has 0 aliphatic carbocycles. The van der Waals surface area contributed by atoms with Gasteiger partial charge < -0.3 is 20.1 Å². The third-order valence-electron chi connectivity index (χ3n) is 6.81. The number of rotatable bonds is 12. The summed E-state index contributed by atoms with van der Waals surface area (Å²) in [6, 6.07) is 14.5. The minimum absolute atomic E-state index is 0.0114. The third-order valence-corrected chi connectivity index (χ3v) is 6.81. The van der Waals surface area contributed by atoms with E-state index in [1.54, 1.807) is 57.2 Å². The SMILES string of the molecule is CC(C)C[C@@H](C(=O)OC(C)(C)C)N(C(=O)C(=O)C1CCCN1)C(=O)[C@H](Cc1ccccc1)NC(=O)OCc1ccccc1. The molecule has 2 aromatic carbocycles. The standard InChI is InChI=1S/C33H43N3O7/c1-22(2)19-27(31(40)43-33(3,4)5)36(30(39)28(37)25-17-12-18-34-25)29(38)26(20-23-13-8-6-9-14-23)35-32(41)42-21-24-15-10-7-11-16-24/h6-11,13-16,22,25-27,34H,12,17-21H2,1-5H3,(H,35,41)/t25?,26-,27-/m0/s1. The Morgan fingerprint density at radius 3 is 2.09 bits per heavy atom. The molecule has 3 atom stereocenters. The summed E-state index contributed by atoms with van der Waals surface area (Å²) < 4.78 is 11.0. The van der Waals surface area contributed by atoms with Crippen LogP contribution in [0.4, 0.5) is 4.79 Å². The highest BCUT2D eigenvalue weighted by Gasteiger charge is 2.44. The van der Waals surface area contributed by atoms with Gasteiger partial charge in [-0.15, -0.1) is 0 Å². The molecular weight excluding hydrogens is 550 g/mol. The molecule has 43 heavy (non-hydrogen) atoms. The van der Waals surface area contributed by atoms with Crippen molar-refractivity contribution in [3.63, 3.8) is 0 Å². The van der Waals surface area contributed by atoms with Gasteiger partial charge in [0.15, 0.2) is 0 Å². The van der Waals surface area contributed by atoms with Crippen molar-refractivity contribution in [2.45, 2.75) is 90.6 Å². The first-order valence-electron chi connectivity index (χ1n) is 14.7. The number of hydrogen-bond donors (Lipinski definition) is 2. The van der Waals surface area contributed by atoms with Gasteiger partial charge in [-0.2, -0.15) is 0 Å². The normalized spacial score (nSPS) is 16.2. The van der Waals surface area contributed by atoms with Gasteiger partial charge in [0.25, 0.3) is 11.8 Å². The van der Waals surface area contributed by atoms with Crippen molar-refractivity contribution in [1.29, 1.82) is 0 Å². The van der Waals surface area contributed by atoms with Crippen LogP contribution in [-0.2, 0) is 41.7 Å². The van der Waals surface area contributed by atoms with Crippen molar-refractivity contribution in [3.8, 4) is 0 Å². The number of amides is 3. The number of Topliss-reactive ketones (excluding diaryl/α,β-unsaturated/α-hetero) is 1. The number of alkyl carbamates (subject to hydrolysis) is 1. The second kappa shape index (κ2) is 15.4. The minimum Gasteiger partial charge on any atom is -0.458 e. The lowest BCUT2D eigenvalue weighted by molar-refractivity contribution is -0.171. The van der Waals surface area contributed by atoms with E-state index < -0.39 is 53.4 Å². The number of nitrogens with zero attached hydrogens (tertiary/aromatic N) is 1. The number of carbonyl (C=O) groups is 5. The summed E-state index contributed by atoms with van der Waals surface area (Å²) in [5.41, 5.74) is 0.527. The van der Waals surface area contributed by atoms with Gasteiger partial charge in [0, 0.05) is 6.42 Å². The second-order valence-electron chi connectivity index (χ2n) is 12.2. The number of ether oxygens (including phenoxy) is 2. The molecule has 0 aromatic heterocycles. The highest BCUT2D eigenvalue weighted by molar-refractivity contribution is 6.41. The average Bonchev–Trinajstić information content (AvgIpc) is 3.50. The van der Waals surface area contributed by atoms with Gasteiger partial charge in [0.1, 0.15) is 24.3 Å². The number of ketones is 1. The Bertz CT molecular complexity index is 1250. The molecule has 2 aromatic rings. The summed E-state index contributed by atoms with van der Waals surface area (Å²) in [4.78, 5) is 68.9. The van der Waals surface area contributed by atoms with E-state index in [-0.39, 0.29) is 25.4 Å². The summed E-state index contributed by atoms with van der Waals surface area (Å²) in [7, 11) is 0. The fraction of sp³-hybridized carbons (Fsp3) is 0.485. The van der Waals surface area contributed by atoms with Crippen LogP contribution in [0, 0.1) is 5.92 Å². The molecule has 3 rings (SSSR count). The maximum atomic E-state index is 14.4. The summed E-state index contributed by atoms with van der Waals surface area (Å²) in [6.07, 6.45) is 0.305. The monoisotopic (exact) mass is 593 g/mol. The molecule has 0 radical (unpaired) electrons. The fourth-order valence-corrected chi connectivity index (χ4v) is 4.82. The lowest BCUT2D eigenvalue weighted by Gasteiger charge is -2.34. The van der Waals surface area contributed by atoms with E-state index >= 15 is 0 Å². The molecule has 1 fully saturated rings. The Hall–Kier alpha value is -4.05. The predicted molar refractivity (Wildman–Crippen MR) is 161 cm³/mol. The van der Waals surface area contributed by atoms with Gasteiger partial charge in [-0.3, -0.25) is 19.3 Å². The summed E-state index contributed by atoms with van der Waals surface area (Å²) in [5.74, 6) is -3.77. The van der Waals surface area contributed by atoms with E-state index in [0.29, 0.717) is 29.8 Å². The first-order chi connectivity index (χ1) is 20.4. The molecule has 0 spiro atoms. The van der Waals surface area contributed by atoms with Crippen molar-refractivity contribution in [1.82, 2.24) is 15.5 Å². The Morgan fingerprint density at radius 2 is 1.56 bits per heavy atom. The summed E-state index contributed by atoms with van der Waals surface area (Å²) in [5, 5.41) is 5.59. The average molecular weight is 594 g/mol. The molecule has 1 aliphatic heterocycles. The van der Waals surface area contributed by atoms with E-state index in [2.05, 4.69) is 10.6 Å². The number of benzene rings is 2. The number of esters is 1. The Balaban J connectivity index is 1.99. The van der Waals surface area contributed by atoms with Crippen LogP contribution in [0.1, 0.15) is 65.0 Å². The van der Waals surface area contributed by atoms with Crippen molar-refractivity contribution in [2.75, 3.05) is 6.54 Å². The van der Waals surface area contributed by atoms with Crippen molar-refractivity contribution >= 4 is 29.7 Å². The van der Waals surface area contributed by atoms with Crippen LogP contribution in [0.3, 0.4) is 0 Å². The molecule has 2 N–H and O–H groups in total. The van der Waals surface area contributed by atoms with Crippen LogP contribution in [0.5, 0.6) is 0 Å². The zero-order valence-corrected chi connectivity index (χ0v) is 25.6. The highest BCUT2D eigenvalue weighted by atomic mass is 16.6. The molecule has 1 heterocycles. The second-order valence-corrected chi connectivity index (χ2v) is 12.2. The van der Waals surface area contributed by atoms with Gasteiger partial charge in [0.05, 0.1) is 6.04 Å². The topological polar surface area (TPSA) is 131 Å². The lowest BCUT2D eigenvalue weighted by Crippen LogP contribution is -2.60. The molecule has 3 amide bonds. The maximum absolute atomic E-state index is 14.4. The van der Waals surface area contributed by atoms with Crippen LogP contribution < -0.4 is 10.6 Å². The number of carbonyl (C=O) groups excluding carboxylic acids is 5. The number of hydrogen-bond acceptors (Lipinski definition) is 8. The zero-order valence-electron chi connectivity index (χ0n) is 25.6. The van der Waals surface area contributed by atoms with Crippen LogP contribution in [0.2, 0.25) is 0 Å². The van der Waals surface area contributed by atoms with Gasteiger partial charge >= 0.3 is 12.1 Å². The number of nitrogens with one attached hydrogen (secondary N) is 2. The molecule has 232 valence electrons. The first-order valence-corrected chi connectivity index (χ1v) is 14.7. The van der Waals surface area contributed by atoms with E-state index in [9.17, 15) is 24.0 Å². The van der Waals surface area contributed by atoms with Crippen LogP contribution in [-0.4, -0.2) is 64.8 Å². The van der Waals surface area contributed by atoms with E-state index in [4.69, 9.17) is 9.47 Å². The highest BCUT2D eigenvalue weighted by Crippen LogP contribution is 2.21. The van der Waals surface area contributed by atoms with Crippen molar-refractivity contribution in [2.24, 2.45) is 5.92 Å². The first kappa shape index (κ1) is 33.5. The van der Waals surface area contributed by atoms with E-state index in [1.807, 2.05) is 38.1 Å². The third kappa shape index (κ3) is 10.3. The molecule has 1 saturated heterocycles. The van der Waals surface area contributed by atoms with Crippen LogP contribution in [0.25, 0.3) is 0 Å². The van der Waals surface area contributed by atoms with Gasteiger partial charge in [-0.25, -0.2) is 9.59 Å². The van der Waals surface area contributed by atoms with Crippen LogP contribution >= 0.6 is 0 Å². The molecule has 0 saturated carbocycles. The molecule has 10 nitrogen and oxygen atoms in total. The van der Waals surface area contributed by atoms with E-state index in [0.717, 1.165) is 5.56 Å². The van der Waals surface area contributed by atoms with Crippen molar-refractivity contribution in [3.05, 3.63) is 71.8 Å². The number of imide groups is 1. The summed E-state index contributed by atoms with van der Waals surface area (Å²) >= 11 is 0. The zero-order chi connectivity index (χ0) is 31.6. The largest absolute Gasteiger partial charge is 0.458 e. The lowest BCUT2D eigenvalue weighted by atomic mass is 9.98. The summed E-state index contributed by atoms with van der Waals surface area (Å²) in [6.45, 7) is 9.24. The van der Waals surface area contributed by atoms with Gasteiger partial charge in [0.2, 0.25) is 5.78 Å². The Morgan fingerprint density at radius 1 is 0.953 bits per heavy atom. The van der Waals surface area contributed by atoms with E-state index in [1.165, 1.54) is 0 Å². The Kier molecular flexibility index (Phi) is 12.0. The molecular formula is C33H43N3O7.